The van der Waals surface area contributed by atoms with E-state index in [2.05, 4.69) is 44.1 Å². The number of para-hydroxylation sites is 1. The number of H-pyrrole nitrogens is 1. The Labute approximate surface area is 321 Å². The molecule has 5 heterocycles. The molecule has 3 saturated heterocycles. The van der Waals surface area contributed by atoms with Crippen LogP contribution in [0.15, 0.2) is 66.1 Å². The number of aryl methyl sites for hydroxylation is 1. The first-order valence-corrected chi connectivity index (χ1v) is 19.5. The van der Waals surface area contributed by atoms with Gasteiger partial charge in [0.25, 0.3) is 5.56 Å². The van der Waals surface area contributed by atoms with E-state index in [0.29, 0.717) is 58.0 Å². The van der Waals surface area contributed by atoms with Crippen LogP contribution in [0.5, 0.6) is 0 Å². The minimum Gasteiger partial charge on any atom is -0.426 e. The Bertz CT molecular complexity index is 2070. The number of likely N-dealkylation sites (tertiary alicyclic amines) is 2. The third-order valence-electron chi connectivity index (χ3n) is 11.5. The minimum atomic E-state index is -0.771. The highest BCUT2D eigenvalue weighted by Crippen LogP contribution is 2.28. The normalized spacial score (nSPS) is 18.4. The largest absolute Gasteiger partial charge is 0.426 e. The average molecular weight is 752 g/mol. The number of aromatic nitrogens is 3. The van der Waals surface area contributed by atoms with Gasteiger partial charge >= 0.3 is 12.1 Å². The van der Waals surface area contributed by atoms with Crippen LogP contribution in [0, 0.1) is 6.92 Å². The van der Waals surface area contributed by atoms with E-state index in [1.807, 2.05) is 60.5 Å². The highest BCUT2D eigenvalue weighted by Gasteiger charge is 2.34. The summed E-state index contributed by atoms with van der Waals surface area (Å²) >= 11 is 0. The third kappa shape index (κ3) is 9.03. The number of nitrogens with zero attached hydrogens (tertiary/aromatic N) is 6. The Morgan fingerprint density at radius 2 is 1.71 bits per heavy atom. The van der Waals surface area contributed by atoms with E-state index in [0.717, 1.165) is 77.5 Å². The van der Waals surface area contributed by atoms with Crippen molar-refractivity contribution in [3.63, 3.8) is 0 Å². The highest BCUT2D eigenvalue weighted by molar-refractivity contribution is 5.88. The number of alkyl carbamates (subject to hydrolysis) is 1. The zero-order valence-corrected chi connectivity index (χ0v) is 32.0. The van der Waals surface area contributed by atoms with Crippen molar-refractivity contribution in [2.75, 3.05) is 66.0 Å². The first-order valence-electron chi connectivity index (χ1n) is 19.5. The molecule has 0 saturated carbocycles. The van der Waals surface area contributed by atoms with E-state index in [9.17, 15) is 19.2 Å². The van der Waals surface area contributed by atoms with E-state index >= 15 is 0 Å². The number of piperidine rings is 2. The molecule has 4 aromatic rings. The summed E-state index contributed by atoms with van der Waals surface area (Å²) in [6, 6.07) is 13.2. The molecule has 55 heavy (non-hydrogen) atoms. The lowest BCUT2D eigenvalue weighted by atomic mass is 9.89. The Morgan fingerprint density at radius 3 is 2.45 bits per heavy atom. The van der Waals surface area contributed by atoms with Gasteiger partial charge in [0.1, 0.15) is 6.04 Å². The van der Waals surface area contributed by atoms with Crippen LogP contribution in [0.4, 0.5) is 9.59 Å². The standard InChI is InChI=1S/C41H53N9O5/c1-4-13-42-41(54)55-27-50-26-32-23-29(22-28(2)37(32)45-50)24-36(39(52)48-20-18-47(19-21-48)33-11-14-46(3)15-12-33)44-40(53)49-16-9-30(10-17-49)34-25-31-7-5-6-8-35(31)43-38(34)51/h4-8,22-23,25-26,30,33,36H,1,9-21,24,27H2,2-3H3,(H,42,54)(H,43,51)(H,44,53). The third-order valence-corrected chi connectivity index (χ3v) is 11.5. The number of urea groups is 1. The van der Waals surface area contributed by atoms with Crippen LogP contribution < -0.4 is 16.2 Å². The van der Waals surface area contributed by atoms with Crippen molar-refractivity contribution < 1.29 is 19.1 Å². The smallest absolute Gasteiger partial charge is 0.409 e. The molecule has 0 bridgehead atoms. The number of carbonyl (C=O) groups excluding carboxylic acids is 3. The second-order valence-electron chi connectivity index (χ2n) is 15.3. The molecule has 2 aromatic carbocycles. The molecule has 3 N–H and O–H groups in total. The van der Waals surface area contributed by atoms with Crippen molar-refractivity contribution in [1.29, 1.82) is 0 Å². The molecular formula is C41H53N9O5. The van der Waals surface area contributed by atoms with Crippen LogP contribution in [-0.2, 0) is 22.7 Å². The lowest BCUT2D eigenvalue weighted by molar-refractivity contribution is -0.135. The van der Waals surface area contributed by atoms with Crippen LogP contribution in [0.2, 0.25) is 0 Å². The zero-order valence-electron chi connectivity index (χ0n) is 32.0. The number of fused-ring (bicyclic) bond motifs is 2. The summed E-state index contributed by atoms with van der Waals surface area (Å²) < 4.78 is 6.85. The monoisotopic (exact) mass is 751 g/mol. The van der Waals surface area contributed by atoms with Gasteiger partial charge in [0.2, 0.25) is 5.91 Å². The van der Waals surface area contributed by atoms with Crippen molar-refractivity contribution >= 4 is 39.8 Å². The summed E-state index contributed by atoms with van der Waals surface area (Å²) in [5, 5.41) is 12.2. The molecule has 3 fully saturated rings. The average Bonchev–Trinajstić information content (AvgIpc) is 3.62. The molecule has 3 aliphatic heterocycles. The summed E-state index contributed by atoms with van der Waals surface area (Å²) in [7, 11) is 2.17. The molecule has 14 nitrogen and oxygen atoms in total. The number of amides is 4. The summed E-state index contributed by atoms with van der Waals surface area (Å²) in [4.78, 5) is 64.8. The maximum Gasteiger partial charge on any atom is 0.409 e. The van der Waals surface area contributed by atoms with Gasteiger partial charge in [-0.15, -0.1) is 6.58 Å². The van der Waals surface area contributed by atoms with Gasteiger partial charge in [-0.2, -0.15) is 5.10 Å². The molecule has 0 spiro atoms. The van der Waals surface area contributed by atoms with Gasteiger partial charge in [0.15, 0.2) is 6.73 Å². The number of rotatable bonds is 10. The molecule has 1 atom stereocenters. The van der Waals surface area contributed by atoms with Gasteiger partial charge in [0.05, 0.1) is 5.52 Å². The number of carbonyl (C=O) groups is 3. The summed E-state index contributed by atoms with van der Waals surface area (Å²) in [6.45, 7) is 11.8. The molecule has 1 unspecified atom stereocenters. The first-order chi connectivity index (χ1) is 26.6. The number of nitrogens with one attached hydrogen (secondary N) is 3. The van der Waals surface area contributed by atoms with Crippen molar-refractivity contribution in [3.05, 3.63) is 88.4 Å². The lowest BCUT2D eigenvalue weighted by Gasteiger charge is -2.43. The first kappa shape index (κ1) is 38.1. The molecule has 0 aliphatic carbocycles. The fourth-order valence-corrected chi connectivity index (χ4v) is 8.38. The summed E-state index contributed by atoms with van der Waals surface area (Å²) in [5.74, 6) is -0.0421. The number of hydrogen-bond acceptors (Lipinski definition) is 8. The lowest BCUT2D eigenvalue weighted by Crippen LogP contribution is -2.59. The number of ether oxygens (including phenoxy) is 1. The number of hydrogen-bond donors (Lipinski definition) is 3. The molecule has 0 radical (unpaired) electrons. The molecule has 4 amide bonds. The maximum absolute atomic E-state index is 14.4. The van der Waals surface area contributed by atoms with Gasteiger partial charge in [0, 0.05) is 80.9 Å². The molecule has 7 rings (SSSR count). The second kappa shape index (κ2) is 17.1. The van der Waals surface area contributed by atoms with Crippen LogP contribution >= 0.6 is 0 Å². The number of pyridine rings is 1. The summed E-state index contributed by atoms with van der Waals surface area (Å²) in [5.41, 5.74) is 4.06. The van der Waals surface area contributed by atoms with E-state index in [4.69, 9.17) is 4.74 Å². The zero-order chi connectivity index (χ0) is 38.5. The van der Waals surface area contributed by atoms with Crippen molar-refractivity contribution in [1.82, 2.24) is 45.0 Å². The molecule has 292 valence electrons. The van der Waals surface area contributed by atoms with E-state index in [1.165, 1.54) is 0 Å². The predicted octanol–water partition coefficient (Wildman–Crippen LogP) is 3.79. The van der Waals surface area contributed by atoms with Crippen molar-refractivity contribution in [3.8, 4) is 0 Å². The Balaban J connectivity index is 1.04. The Hall–Kier alpha value is -5.21. The van der Waals surface area contributed by atoms with Gasteiger partial charge in [-0.25, -0.2) is 14.3 Å². The maximum atomic E-state index is 14.4. The highest BCUT2D eigenvalue weighted by atomic mass is 16.6. The van der Waals surface area contributed by atoms with Crippen LogP contribution in [0.25, 0.3) is 21.8 Å². The number of piperazine rings is 1. The number of aromatic amines is 1. The van der Waals surface area contributed by atoms with E-state index < -0.39 is 12.1 Å². The molecule has 14 heteroatoms. The molecule has 3 aliphatic rings. The molecular weight excluding hydrogens is 699 g/mol. The van der Waals surface area contributed by atoms with Gasteiger partial charge in [-0.05, 0) is 93.4 Å². The van der Waals surface area contributed by atoms with Gasteiger partial charge < -0.3 is 35.1 Å². The second-order valence-corrected chi connectivity index (χ2v) is 15.3. The van der Waals surface area contributed by atoms with Crippen molar-refractivity contribution in [2.24, 2.45) is 0 Å². The van der Waals surface area contributed by atoms with E-state index in [1.54, 1.807) is 15.7 Å². The Morgan fingerprint density at radius 1 is 0.964 bits per heavy atom. The fourth-order valence-electron chi connectivity index (χ4n) is 8.38. The summed E-state index contributed by atoms with van der Waals surface area (Å²) in [6.07, 6.45) is 6.74. The van der Waals surface area contributed by atoms with Crippen LogP contribution in [-0.4, -0.2) is 130 Å². The van der Waals surface area contributed by atoms with Gasteiger partial charge in [-0.1, -0.05) is 30.3 Å². The Kier molecular flexibility index (Phi) is 11.8. The SMILES string of the molecule is C=CCNC(=O)OCn1cc2cc(CC(NC(=O)N3CCC(c4cc5ccccc5[nH]c4=O)CC3)C(=O)N3CCN(C4CCN(C)CC4)CC3)cc(C)c2n1. The van der Waals surface area contributed by atoms with Crippen LogP contribution in [0.3, 0.4) is 0 Å². The fraction of sp³-hybridized carbons (Fsp3) is 0.488. The quantitative estimate of drug-likeness (QED) is 0.208. The minimum absolute atomic E-state index is 0.0400. The number of benzene rings is 2. The predicted molar refractivity (Wildman–Crippen MR) is 212 cm³/mol. The molecule has 2 aromatic heterocycles. The van der Waals surface area contributed by atoms with Gasteiger partial charge in [-0.3, -0.25) is 14.5 Å². The van der Waals surface area contributed by atoms with Crippen molar-refractivity contribution in [2.45, 2.75) is 63.8 Å². The topological polar surface area (TPSA) is 148 Å². The van der Waals surface area contributed by atoms with E-state index in [-0.39, 0.29) is 30.1 Å². The van der Waals surface area contributed by atoms with Crippen LogP contribution in [0.1, 0.15) is 48.3 Å².